The molecule has 2 amide bonds. The molecule has 1 aliphatic heterocycles. The maximum absolute atomic E-state index is 11.7. The largest absolute Gasteiger partial charge is 0.308 e. The van der Waals surface area contributed by atoms with Gasteiger partial charge < -0.3 is 0 Å². The molecule has 0 unspecified atom stereocenters. The van der Waals surface area contributed by atoms with Crippen molar-refractivity contribution in [3.8, 4) is 0 Å². The first-order valence-corrected chi connectivity index (χ1v) is 6.10. The minimum Gasteiger partial charge on any atom is -0.268 e. The summed E-state index contributed by atoms with van der Waals surface area (Å²) in [5.41, 5.74) is 0.488. The number of amides is 2. The lowest BCUT2D eigenvalue weighted by Crippen LogP contribution is -2.41. The van der Waals surface area contributed by atoms with Gasteiger partial charge in [0, 0.05) is 6.08 Å². The number of rotatable bonds is 2. The quantitative estimate of drug-likeness (QED) is 0.727. The molecule has 0 saturated heterocycles. The molecule has 0 fully saturated rings. The molecule has 1 aromatic rings. The molecule has 0 saturated carbocycles. The Hall–Kier alpha value is -1.99. The molecule has 17 heavy (non-hydrogen) atoms. The van der Waals surface area contributed by atoms with E-state index in [2.05, 4.69) is 0 Å². The standard InChI is InChI=1S/C10H8N2O4S/c11-17(15,16)12-9(13)6-8(10(12)14)7-4-2-1-3-5-7/h1-6H,(H2,11,15,16). The third-order valence-electron chi connectivity index (χ3n) is 2.22. The summed E-state index contributed by atoms with van der Waals surface area (Å²) in [6.07, 6.45) is 0.960. The van der Waals surface area contributed by atoms with E-state index in [-0.39, 0.29) is 9.88 Å². The van der Waals surface area contributed by atoms with Crippen LogP contribution in [0.4, 0.5) is 0 Å². The van der Waals surface area contributed by atoms with E-state index in [1.165, 1.54) is 0 Å². The molecule has 6 nitrogen and oxygen atoms in total. The van der Waals surface area contributed by atoms with Crippen molar-refractivity contribution in [1.29, 1.82) is 0 Å². The summed E-state index contributed by atoms with van der Waals surface area (Å²) in [5.74, 6) is -1.87. The van der Waals surface area contributed by atoms with Crippen LogP contribution in [0.3, 0.4) is 0 Å². The molecule has 1 heterocycles. The maximum Gasteiger partial charge on any atom is 0.308 e. The Kier molecular flexibility index (Phi) is 2.56. The molecule has 0 bridgehead atoms. The molecule has 1 aromatic carbocycles. The predicted octanol–water partition coefficient (Wildman–Crippen LogP) is -0.358. The number of benzene rings is 1. The zero-order valence-corrected chi connectivity index (χ0v) is 9.35. The van der Waals surface area contributed by atoms with Crippen LogP contribution in [0.25, 0.3) is 5.57 Å². The highest BCUT2D eigenvalue weighted by molar-refractivity contribution is 7.88. The van der Waals surface area contributed by atoms with Crippen molar-refractivity contribution in [2.45, 2.75) is 0 Å². The molecule has 0 atom stereocenters. The summed E-state index contributed by atoms with van der Waals surface area (Å²) in [6, 6.07) is 8.29. The summed E-state index contributed by atoms with van der Waals surface area (Å²) in [6.45, 7) is 0. The SMILES string of the molecule is NS(=O)(=O)N1C(=O)C=C(c2ccccc2)C1=O. The van der Waals surface area contributed by atoms with Crippen LogP contribution in [0.15, 0.2) is 36.4 Å². The second-order valence-corrected chi connectivity index (χ2v) is 4.77. The molecule has 0 spiro atoms. The summed E-state index contributed by atoms with van der Waals surface area (Å²) in [5, 5.41) is 4.79. The minimum atomic E-state index is -4.36. The van der Waals surface area contributed by atoms with Gasteiger partial charge in [-0.2, -0.15) is 12.7 Å². The first kappa shape index (κ1) is 11.5. The van der Waals surface area contributed by atoms with Gasteiger partial charge in [-0.3, -0.25) is 9.59 Å². The van der Waals surface area contributed by atoms with Gasteiger partial charge in [-0.15, -0.1) is 0 Å². The monoisotopic (exact) mass is 252 g/mol. The van der Waals surface area contributed by atoms with Gasteiger partial charge in [0.1, 0.15) is 0 Å². The fraction of sp³-hybridized carbons (Fsp3) is 0. The van der Waals surface area contributed by atoms with Crippen molar-refractivity contribution in [2.24, 2.45) is 5.14 Å². The van der Waals surface area contributed by atoms with Crippen molar-refractivity contribution in [3.05, 3.63) is 42.0 Å². The Labute approximate surface area is 97.5 Å². The van der Waals surface area contributed by atoms with E-state index in [0.717, 1.165) is 6.08 Å². The first-order valence-electron chi connectivity index (χ1n) is 4.60. The van der Waals surface area contributed by atoms with E-state index < -0.39 is 22.0 Å². The molecule has 7 heteroatoms. The van der Waals surface area contributed by atoms with Gasteiger partial charge in [0.25, 0.3) is 11.8 Å². The number of carbonyl (C=O) groups excluding carboxylic acids is 2. The lowest BCUT2D eigenvalue weighted by Gasteiger charge is -2.10. The van der Waals surface area contributed by atoms with E-state index in [1.807, 2.05) is 0 Å². The van der Waals surface area contributed by atoms with E-state index in [9.17, 15) is 18.0 Å². The smallest absolute Gasteiger partial charge is 0.268 e. The Morgan fingerprint density at radius 2 is 1.65 bits per heavy atom. The Balaban J connectivity index is 2.46. The highest BCUT2D eigenvalue weighted by Gasteiger charge is 2.38. The van der Waals surface area contributed by atoms with Crippen LogP contribution < -0.4 is 5.14 Å². The van der Waals surface area contributed by atoms with E-state index in [1.54, 1.807) is 30.3 Å². The number of hydrogen-bond acceptors (Lipinski definition) is 4. The van der Waals surface area contributed by atoms with E-state index in [4.69, 9.17) is 5.14 Å². The molecule has 0 radical (unpaired) electrons. The molecule has 2 N–H and O–H groups in total. The highest BCUT2D eigenvalue weighted by atomic mass is 32.2. The average molecular weight is 252 g/mol. The second kappa shape index (κ2) is 3.79. The second-order valence-electron chi connectivity index (χ2n) is 3.38. The fourth-order valence-electron chi connectivity index (χ4n) is 1.52. The average Bonchev–Trinajstić information content (AvgIpc) is 2.54. The van der Waals surface area contributed by atoms with Gasteiger partial charge in [-0.1, -0.05) is 30.3 Å². The molecular formula is C10H8N2O4S. The normalized spacial score (nSPS) is 16.3. The van der Waals surface area contributed by atoms with Gasteiger partial charge in [0.05, 0.1) is 5.57 Å². The number of hydrogen-bond donors (Lipinski definition) is 1. The predicted molar refractivity (Wildman–Crippen MR) is 59.4 cm³/mol. The summed E-state index contributed by atoms with van der Waals surface area (Å²) in [7, 11) is -4.36. The molecule has 1 aliphatic rings. The van der Waals surface area contributed by atoms with Crippen molar-refractivity contribution in [2.75, 3.05) is 0 Å². The van der Waals surface area contributed by atoms with Crippen LogP contribution in [-0.4, -0.2) is 24.5 Å². The summed E-state index contributed by atoms with van der Waals surface area (Å²) in [4.78, 5) is 23.1. The van der Waals surface area contributed by atoms with Crippen LogP contribution in [-0.2, 0) is 19.8 Å². The highest BCUT2D eigenvalue weighted by Crippen LogP contribution is 2.24. The number of nitrogens with two attached hydrogens (primary N) is 1. The van der Waals surface area contributed by atoms with Crippen LogP contribution in [0.1, 0.15) is 5.56 Å². The van der Waals surface area contributed by atoms with Crippen LogP contribution >= 0.6 is 0 Å². The topological polar surface area (TPSA) is 97.5 Å². The summed E-state index contributed by atoms with van der Waals surface area (Å²) >= 11 is 0. The number of carbonyl (C=O) groups is 2. The Bertz CT molecular complexity index is 619. The van der Waals surface area contributed by atoms with E-state index in [0.29, 0.717) is 5.56 Å². The Morgan fingerprint density at radius 1 is 1.06 bits per heavy atom. The number of nitrogens with zero attached hydrogens (tertiary/aromatic N) is 1. The van der Waals surface area contributed by atoms with E-state index >= 15 is 0 Å². The van der Waals surface area contributed by atoms with Crippen molar-refractivity contribution in [1.82, 2.24) is 4.31 Å². The molecular weight excluding hydrogens is 244 g/mol. The fourth-order valence-corrected chi connectivity index (χ4v) is 2.15. The van der Waals surface area contributed by atoms with Crippen molar-refractivity contribution in [3.63, 3.8) is 0 Å². The van der Waals surface area contributed by atoms with Gasteiger partial charge in [-0.05, 0) is 5.56 Å². The van der Waals surface area contributed by atoms with Crippen LogP contribution in [0, 0.1) is 0 Å². The van der Waals surface area contributed by atoms with Gasteiger partial charge in [-0.25, -0.2) is 5.14 Å². The van der Waals surface area contributed by atoms with Gasteiger partial charge >= 0.3 is 10.2 Å². The number of imide groups is 1. The molecule has 2 rings (SSSR count). The lowest BCUT2D eigenvalue weighted by atomic mass is 10.1. The third kappa shape index (κ3) is 1.97. The Morgan fingerprint density at radius 3 is 2.12 bits per heavy atom. The molecule has 0 aromatic heterocycles. The van der Waals surface area contributed by atoms with Gasteiger partial charge in [0.15, 0.2) is 0 Å². The zero-order chi connectivity index (χ0) is 12.6. The minimum absolute atomic E-state index is 0.0182. The van der Waals surface area contributed by atoms with Crippen molar-refractivity contribution >= 4 is 27.6 Å². The lowest BCUT2D eigenvalue weighted by molar-refractivity contribution is -0.130. The maximum atomic E-state index is 11.7. The van der Waals surface area contributed by atoms with Gasteiger partial charge in [0.2, 0.25) is 0 Å². The van der Waals surface area contributed by atoms with Crippen molar-refractivity contribution < 1.29 is 18.0 Å². The summed E-state index contributed by atoms with van der Waals surface area (Å²) < 4.78 is 22.2. The van der Waals surface area contributed by atoms with Crippen LogP contribution in [0.2, 0.25) is 0 Å². The zero-order valence-electron chi connectivity index (χ0n) is 8.53. The molecule has 0 aliphatic carbocycles. The third-order valence-corrected chi connectivity index (χ3v) is 3.08. The molecule has 88 valence electrons. The van der Waals surface area contributed by atoms with Crippen LogP contribution in [0.5, 0.6) is 0 Å². The first-order chi connectivity index (χ1) is 7.91.